The molecule has 1 aliphatic carbocycles. The summed E-state index contributed by atoms with van der Waals surface area (Å²) in [5, 5.41) is 34.7. The first kappa shape index (κ1) is 15.7. The summed E-state index contributed by atoms with van der Waals surface area (Å²) in [6, 6.07) is 4.40. The van der Waals surface area contributed by atoms with Gasteiger partial charge in [0.2, 0.25) is 0 Å². The van der Waals surface area contributed by atoms with Gasteiger partial charge in [-0.25, -0.2) is 0 Å². The van der Waals surface area contributed by atoms with E-state index in [9.17, 15) is 4.79 Å². The van der Waals surface area contributed by atoms with Crippen LogP contribution in [0.2, 0.25) is 0 Å². The van der Waals surface area contributed by atoms with Crippen molar-refractivity contribution in [2.75, 3.05) is 0 Å². The second-order valence-corrected chi connectivity index (χ2v) is 6.40. The van der Waals surface area contributed by atoms with Crippen LogP contribution in [0.4, 0.5) is 0 Å². The Bertz CT molecular complexity index is 1090. The van der Waals surface area contributed by atoms with E-state index in [4.69, 9.17) is 16.3 Å². The Hall–Kier alpha value is -3.79. The Morgan fingerprint density at radius 2 is 2.23 bits per heavy atom. The molecule has 3 aromatic rings. The van der Waals surface area contributed by atoms with Gasteiger partial charge in [0.15, 0.2) is 5.65 Å². The Kier molecular flexibility index (Phi) is 3.41. The number of nitrogens with zero attached hydrogens (tertiary/aromatic N) is 7. The van der Waals surface area contributed by atoms with Crippen LogP contribution < -0.4 is 5.73 Å². The van der Waals surface area contributed by atoms with E-state index in [1.54, 1.807) is 17.1 Å². The first-order valence-electron chi connectivity index (χ1n) is 7.90. The molecule has 0 saturated heterocycles. The maximum absolute atomic E-state index is 11.7. The largest absolute Gasteiger partial charge is 0.366 e. The summed E-state index contributed by atoms with van der Waals surface area (Å²) in [5.74, 6) is -0.675. The molecule has 0 spiro atoms. The smallest absolute Gasteiger partial charge is 0.251 e. The maximum Gasteiger partial charge on any atom is 0.251 e. The van der Waals surface area contributed by atoms with Crippen LogP contribution in [-0.2, 0) is 5.54 Å². The summed E-state index contributed by atoms with van der Waals surface area (Å²) >= 11 is 0. The first-order chi connectivity index (χ1) is 12.6. The van der Waals surface area contributed by atoms with E-state index in [2.05, 4.69) is 37.6 Å². The van der Waals surface area contributed by atoms with Crippen molar-refractivity contribution in [1.29, 1.82) is 10.5 Å². The number of hydrogen-bond acceptors (Lipinski definition) is 7. The molecule has 0 radical (unpaired) electrons. The highest BCUT2D eigenvalue weighted by Crippen LogP contribution is 2.46. The number of rotatable bonds is 4. The molecule has 0 aromatic carbocycles. The lowest BCUT2D eigenvalue weighted by Gasteiger charge is -2.43. The molecule has 1 amide bonds. The van der Waals surface area contributed by atoms with Gasteiger partial charge in [0, 0.05) is 18.0 Å². The molecular formula is C16H13N9O. The number of nitrogens with two attached hydrogens (primary N) is 1. The molecule has 1 aliphatic rings. The Labute approximate surface area is 147 Å². The van der Waals surface area contributed by atoms with Crippen LogP contribution in [-0.4, -0.2) is 36.1 Å². The minimum absolute atomic E-state index is 0.0745. The number of hydrogen-bond donors (Lipinski definition) is 2. The molecule has 10 nitrogen and oxygen atoms in total. The number of fused-ring (bicyclic) bond motifs is 1. The molecule has 1 saturated carbocycles. The minimum atomic E-state index is -0.600. The molecule has 3 N–H and O–H groups in total. The molecule has 128 valence electrons. The van der Waals surface area contributed by atoms with E-state index in [0.29, 0.717) is 35.1 Å². The molecule has 3 aromatic heterocycles. The lowest BCUT2D eigenvalue weighted by atomic mass is 9.67. The van der Waals surface area contributed by atoms with Gasteiger partial charge >= 0.3 is 0 Å². The highest BCUT2D eigenvalue weighted by Gasteiger charge is 2.46. The van der Waals surface area contributed by atoms with Crippen LogP contribution in [0.3, 0.4) is 0 Å². The van der Waals surface area contributed by atoms with Gasteiger partial charge in [-0.2, -0.15) is 15.6 Å². The molecule has 4 rings (SSSR count). The molecule has 26 heavy (non-hydrogen) atoms. The van der Waals surface area contributed by atoms with E-state index in [-0.39, 0.29) is 17.9 Å². The highest BCUT2D eigenvalue weighted by atomic mass is 16.1. The van der Waals surface area contributed by atoms with Gasteiger partial charge in [-0.3, -0.25) is 9.48 Å². The van der Waals surface area contributed by atoms with Crippen LogP contribution >= 0.6 is 0 Å². The Morgan fingerprint density at radius 3 is 2.92 bits per heavy atom. The summed E-state index contributed by atoms with van der Waals surface area (Å²) in [6.45, 7) is 0. The van der Waals surface area contributed by atoms with Crippen LogP contribution in [0.15, 0.2) is 18.6 Å². The summed E-state index contributed by atoms with van der Waals surface area (Å²) in [5.41, 5.74) is 6.66. The molecule has 0 aliphatic heterocycles. The Morgan fingerprint density at radius 1 is 1.42 bits per heavy atom. The van der Waals surface area contributed by atoms with Crippen LogP contribution in [0, 0.1) is 28.6 Å². The third-order valence-corrected chi connectivity index (χ3v) is 4.84. The van der Waals surface area contributed by atoms with Crippen molar-refractivity contribution in [2.24, 2.45) is 11.7 Å². The molecule has 0 unspecified atom stereocenters. The number of nitriles is 2. The van der Waals surface area contributed by atoms with Crippen molar-refractivity contribution in [1.82, 2.24) is 30.2 Å². The number of aromatic nitrogens is 6. The number of primary amides is 1. The zero-order chi connectivity index (χ0) is 18.3. The van der Waals surface area contributed by atoms with Gasteiger partial charge in [0.25, 0.3) is 5.91 Å². The van der Waals surface area contributed by atoms with Crippen molar-refractivity contribution in [3.8, 4) is 23.4 Å². The van der Waals surface area contributed by atoms with Gasteiger partial charge < -0.3 is 10.7 Å². The predicted molar refractivity (Wildman–Crippen MR) is 88.0 cm³/mol. The molecular weight excluding hydrogens is 334 g/mol. The Balaban J connectivity index is 1.79. The lowest BCUT2D eigenvalue weighted by Crippen LogP contribution is -2.46. The quantitative estimate of drug-likeness (QED) is 0.706. The molecule has 0 atom stereocenters. The van der Waals surface area contributed by atoms with Crippen molar-refractivity contribution in [2.45, 2.75) is 24.8 Å². The summed E-state index contributed by atoms with van der Waals surface area (Å²) in [4.78, 5) is 14.5. The fraction of sp³-hybridized carbons (Fsp3) is 0.312. The monoisotopic (exact) mass is 347 g/mol. The average molecular weight is 347 g/mol. The number of carbonyl (C=O) groups excluding carboxylic acids is 1. The van der Waals surface area contributed by atoms with Gasteiger partial charge in [-0.1, -0.05) is 0 Å². The SMILES string of the molecule is N#CCC1(n2cc(-c3nnnc4[nH]cc(C(N)=O)c34)cn2)CC(C#N)C1. The van der Waals surface area contributed by atoms with Crippen LogP contribution in [0.25, 0.3) is 22.3 Å². The third kappa shape index (κ3) is 2.20. The summed E-state index contributed by atoms with van der Waals surface area (Å²) in [6.07, 6.45) is 6.24. The van der Waals surface area contributed by atoms with Gasteiger partial charge in [-0.15, -0.1) is 10.2 Å². The van der Waals surface area contributed by atoms with Crippen molar-refractivity contribution in [3.63, 3.8) is 0 Å². The van der Waals surface area contributed by atoms with Crippen molar-refractivity contribution in [3.05, 3.63) is 24.2 Å². The van der Waals surface area contributed by atoms with Crippen molar-refractivity contribution >= 4 is 16.9 Å². The van der Waals surface area contributed by atoms with E-state index in [1.165, 1.54) is 6.20 Å². The van der Waals surface area contributed by atoms with Crippen LogP contribution in [0.5, 0.6) is 0 Å². The first-order valence-corrected chi connectivity index (χ1v) is 7.90. The topological polar surface area (TPSA) is 163 Å². The standard InChI is InChI=1S/C16H13N9O/c17-2-1-16(3-9(4-16)5-18)25-8-10(6-21-25)13-12-11(14(19)26)7-20-15(12)23-24-22-13/h6-9H,1,3-4H2,(H2,19,26)(H,20,22,23). The highest BCUT2D eigenvalue weighted by molar-refractivity contribution is 6.09. The zero-order valence-electron chi connectivity index (χ0n) is 13.5. The van der Waals surface area contributed by atoms with Gasteiger partial charge in [0.05, 0.1) is 47.2 Å². The molecule has 3 heterocycles. The number of carbonyl (C=O) groups is 1. The molecule has 1 fully saturated rings. The second kappa shape index (κ2) is 5.63. The maximum atomic E-state index is 11.7. The predicted octanol–water partition coefficient (Wildman–Crippen LogP) is 0.858. The summed E-state index contributed by atoms with van der Waals surface area (Å²) < 4.78 is 1.71. The minimum Gasteiger partial charge on any atom is -0.366 e. The fourth-order valence-corrected chi connectivity index (χ4v) is 3.50. The number of aromatic amines is 1. The van der Waals surface area contributed by atoms with Crippen molar-refractivity contribution < 1.29 is 4.79 Å². The second-order valence-electron chi connectivity index (χ2n) is 6.40. The number of H-pyrrole nitrogens is 1. The summed E-state index contributed by atoms with van der Waals surface area (Å²) in [7, 11) is 0. The average Bonchev–Trinajstić information content (AvgIpc) is 3.24. The van der Waals surface area contributed by atoms with Gasteiger partial charge in [-0.05, 0) is 18.1 Å². The zero-order valence-corrected chi connectivity index (χ0v) is 13.5. The van der Waals surface area contributed by atoms with Crippen LogP contribution in [0.1, 0.15) is 29.6 Å². The van der Waals surface area contributed by atoms with E-state index < -0.39 is 11.4 Å². The third-order valence-electron chi connectivity index (χ3n) is 4.84. The molecule has 0 bridgehead atoms. The van der Waals surface area contributed by atoms with E-state index in [1.807, 2.05) is 0 Å². The number of nitrogens with one attached hydrogen (secondary N) is 1. The van der Waals surface area contributed by atoms with E-state index in [0.717, 1.165) is 0 Å². The molecule has 10 heteroatoms. The fourth-order valence-electron chi connectivity index (χ4n) is 3.50. The lowest BCUT2D eigenvalue weighted by molar-refractivity contribution is 0.0881. The normalized spacial score (nSPS) is 21.7. The number of amides is 1. The van der Waals surface area contributed by atoms with Gasteiger partial charge in [0.1, 0.15) is 5.69 Å². The van der Waals surface area contributed by atoms with E-state index >= 15 is 0 Å².